The maximum atomic E-state index is 14.8. The van der Waals surface area contributed by atoms with Crippen molar-refractivity contribution in [2.24, 2.45) is 5.92 Å². The summed E-state index contributed by atoms with van der Waals surface area (Å²) in [5.41, 5.74) is -0.142. The first-order valence-electron chi connectivity index (χ1n) is 14.7. The van der Waals surface area contributed by atoms with Crippen molar-refractivity contribution in [2.45, 2.75) is 52.7 Å². The zero-order chi connectivity index (χ0) is 34.6. The fraction of sp³-hybridized carbons (Fsp3) is 0.333. The Balaban J connectivity index is 1.92. The number of fused-ring (bicyclic) bond motifs is 1. The second-order valence-electron chi connectivity index (χ2n) is 12.0. The molecular weight excluding hydrogens is 673 g/mol. The molecule has 1 aromatic carbocycles. The van der Waals surface area contributed by atoms with Gasteiger partial charge in [0.15, 0.2) is 11.6 Å². The van der Waals surface area contributed by atoms with Crippen molar-refractivity contribution in [1.82, 2.24) is 19.8 Å². The molecule has 2 aliphatic rings. The number of carbonyl (C=O) groups excluding carboxylic acids is 1. The molecule has 1 unspecified atom stereocenters. The number of dihydropyridines is 1. The zero-order valence-electron chi connectivity index (χ0n) is 26.1. The van der Waals surface area contributed by atoms with E-state index in [1.165, 1.54) is 16.7 Å². The standard InChI is InChI=1S/C33H31Cl3F2N6O3/c1-7-21(45)43-16(5)12-42(13-17(43)6)30-18-10-20(34)28(22-23(35)24(36)25(37)26(38)31(22)46)41-32(18)44(33(47)19(30)11-39)29-15(4)8-9-40-27(29)14(2)3/h7-10,14,16-17,27,40,46H,1,12-13H2,2-6H3/t16-,17+,27?. The van der Waals surface area contributed by atoms with Crippen molar-refractivity contribution in [2.75, 3.05) is 18.0 Å². The van der Waals surface area contributed by atoms with Crippen LogP contribution in [0.4, 0.5) is 14.5 Å². The van der Waals surface area contributed by atoms with Crippen LogP contribution in [0.3, 0.4) is 0 Å². The monoisotopic (exact) mass is 702 g/mol. The Morgan fingerprint density at radius 3 is 2.40 bits per heavy atom. The van der Waals surface area contributed by atoms with E-state index in [-0.39, 0.29) is 64.6 Å². The fourth-order valence-electron chi connectivity index (χ4n) is 6.49. The Morgan fingerprint density at radius 2 is 1.83 bits per heavy atom. The number of hydrogen-bond acceptors (Lipinski definition) is 7. The first kappa shape index (κ1) is 34.2. The summed E-state index contributed by atoms with van der Waals surface area (Å²) < 4.78 is 30.5. The van der Waals surface area contributed by atoms with E-state index in [1.54, 1.807) is 17.2 Å². The molecular formula is C33H31Cl3F2N6O3. The highest BCUT2D eigenvalue weighted by atomic mass is 35.5. The Morgan fingerprint density at radius 1 is 1.19 bits per heavy atom. The van der Waals surface area contributed by atoms with Gasteiger partial charge in [0.25, 0.3) is 5.56 Å². The van der Waals surface area contributed by atoms with E-state index < -0.39 is 44.6 Å². The highest BCUT2D eigenvalue weighted by Gasteiger charge is 2.36. The number of allylic oxidation sites excluding steroid dienone is 2. The van der Waals surface area contributed by atoms with E-state index in [2.05, 4.69) is 18.0 Å². The molecule has 1 fully saturated rings. The molecule has 9 nitrogen and oxygen atoms in total. The smallest absolute Gasteiger partial charge is 0.276 e. The molecule has 5 rings (SSSR count). The molecule has 2 aliphatic heterocycles. The lowest BCUT2D eigenvalue weighted by Crippen LogP contribution is -2.58. The van der Waals surface area contributed by atoms with Crippen LogP contribution >= 0.6 is 34.8 Å². The first-order valence-corrected chi connectivity index (χ1v) is 15.9. The number of anilines is 1. The number of rotatable bonds is 5. The summed E-state index contributed by atoms with van der Waals surface area (Å²) >= 11 is 19.1. The molecule has 14 heteroatoms. The summed E-state index contributed by atoms with van der Waals surface area (Å²) in [4.78, 5) is 35.4. The molecule has 0 aliphatic carbocycles. The zero-order valence-corrected chi connectivity index (χ0v) is 28.4. The van der Waals surface area contributed by atoms with Crippen molar-refractivity contribution in [3.63, 3.8) is 0 Å². The maximum Gasteiger partial charge on any atom is 0.276 e. The van der Waals surface area contributed by atoms with Crippen LogP contribution in [0, 0.1) is 28.9 Å². The van der Waals surface area contributed by atoms with Crippen molar-refractivity contribution in [1.29, 1.82) is 5.26 Å². The Kier molecular flexibility index (Phi) is 9.34. The normalized spacial score (nSPS) is 19.7. The van der Waals surface area contributed by atoms with Gasteiger partial charge in [0, 0.05) is 30.6 Å². The average molecular weight is 704 g/mol. The molecule has 1 amide bonds. The van der Waals surface area contributed by atoms with Crippen LogP contribution in [0.25, 0.3) is 28.0 Å². The molecule has 0 spiro atoms. The first-order chi connectivity index (χ1) is 22.2. The molecule has 3 atom stereocenters. The number of phenols is 1. The lowest BCUT2D eigenvalue weighted by atomic mass is 9.94. The Hall–Kier alpha value is -4.11. The van der Waals surface area contributed by atoms with Gasteiger partial charge >= 0.3 is 0 Å². The van der Waals surface area contributed by atoms with Crippen molar-refractivity contribution >= 4 is 63.1 Å². The van der Waals surface area contributed by atoms with Crippen LogP contribution in [-0.4, -0.2) is 56.7 Å². The van der Waals surface area contributed by atoms with Gasteiger partial charge in [0.05, 0.1) is 43.8 Å². The highest BCUT2D eigenvalue weighted by molar-refractivity contribution is 6.44. The topological polar surface area (TPSA) is 114 Å². The molecule has 246 valence electrons. The van der Waals surface area contributed by atoms with Gasteiger partial charge < -0.3 is 20.2 Å². The number of aromatic nitrogens is 2. The number of halogens is 5. The fourth-order valence-corrected chi connectivity index (χ4v) is 7.17. The van der Waals surface area contributed by atoms with Gasteiger partial charge in [-0.15, -0.1) is 0 Å². The van der Waals surface area contributed by atoms with Crippen molar-refractivity contribution < 1.29 is 18.7 Å². The summed E-state index contributed by atoms with van der Waals surface area (Å²) in [6.45, 7) is 13.5. The highest BCUT2D eigenvalue weighted by Crippen LogP contribution is 2.47. The molecule has 47 heavy (non-hydrogen) atoms. The summed E-state index contributed by atoms with van der Waals surface area (Å²) in [5.74, 6) is -4.66. The number of pyridine rings is 2. The molecule has 1 saturated heterocycles. The number of benzene rings is 1. The van der Waals surface area contributed by atoms with Gasteiger partial charge in [-0.2, -0.15) is 9.65 Å². The van der Waals surface area contributed by atoms with Gasteiger partial charge in [-0.25, -0.2) is 9.37 Å². The van der Waals surface area contributed by atoms with E-state index in [4.69, 9.17) is 39.8 Å². The molecule has 2 N–H and O–H groups in total. The lowest BCUT2D eigenvalue weighted by Gasteiger charge is -2.45. The minimum Gasteiger partial charge on any atom is -0.504 e. The van der Waals surface area contributed by atoms with Crippen LogP contribution in [0.1, 0.15) is 40.2 Å². The predicted molar refractivity (Wildman–Crippen MR) is 181 cm³/mol. The van der Waals surface area contributed by atoms with Gasteiger partial charge in [-0.1, -0.05) is 55.2 Å². The summed E-state index contributed by atoms with van der Waals surface area (Å²) in [7, 11) is 0. The van der Waals surface area contributed by atoms with Crippen LogP contribution in [0.5, 0.6) is 5.75 Å². The predicted octanol–water partition coefficient (Wildman–Crippen LogP) is 6.86. The van der Waals surface area contributed by atoms with Gasteiger partial charge in [0.1, 0.15) is 17.3 Å². The largest absolute Gasteiger partial charge is 0.504 e. The SMILES string of the molecule is C=CC(=O)N1[C@H](C)CN(c2c(C#N)c(=O)n(C3=C(C)C=CNC3C(C)C)c3nc(-c4c(O)c(F)c(F)c(Cl)c4Cl)c(Cl)cc23)C[C@@H]1C. The lowest BCUT2D eigenvalue weighted by molar-refractivity contribution is -0.130. The van der Waals surface area contributed by atoms with E-state index in [0.717, 1.165) is 0 Å². The van der Waals surface area contributed by atoms with Crippen LogP contribution < -0.4 is 15.8 Å². The third kappa shape index (κ3) is 5.52. The Bertz CT molecular complexity index is 1980. The number of hydrogen-bond donors (Lipinski definition) is 2. The van der Waals surface area contributed by atoms with Crippen LogP contribution in [0.15, 0.2) is 41.4 Å². The second-order valence-corrected chi connectivity index (χ2v) is 13.2. The van der Waals surface area contributed by atoms with E-state index in [9.17, 15) is 28.7 Å². The molecule has 2 aromatic heterocycles. The number of nitrogens with one attached hydrogen (secondary N) is 1. The molecule has 0 radical (unpaired) electrons. The molecule has 0 saturated carbocycles. The van der Waals surface area contributed by atoms with E-state index in [0.29, 0.717) is 16.7 Å². The average Bonchev–Trinajstić information content (AvgIpc) is 3.02. The van der Waals surface area contributed by atoms with Crippen LogP contribution in [-0.2, 0) is 4.79 Å². The van der Waals surface area contributed by atoms with E-state index in [1.807, 2.05) is 39.5 Å². The maximum absolute atomic E-state index is 14.8. The number of carbonyl (C=O) groups is 1. The van der Waals surface area contributed by atoms with Gasteiger partial charge in [-0.3, -0.25) is 14.2 Å². The number of piperazine rings is 1. The molecule has 3 aromatic rings. The van der Waals surface area contributed by atoms with Gasteiger partial charge in [0.2, 0.25) is 11.7 Å². The summed E-state index contributed by atoms with van der Waals surface area (Å²) in [6.07, 6.45) is 4.78. The number of aromatic hydroxyl groups is 1. The quantitative estimate of drug-likeness (QED) is 0.170. The van der Waals surface area contributed by atoms with Crippen molar-refractivity contribution in [3.8, 4) is 23.1 Å². The minimum absolute atomic E-state index is 0.0155. The molecule has 0 bridgehead atoms. The number of nitriles is 1. The summed E-state index contributed by atoms with van der Waals surface area (Å²) in [5, 5.41) is 23.3. The Labute approximate surface area is 284 Å². The van der Waals surface area contributed by atoms with Gasteiger partial charge in [-0.05, 0) is 56.7 Å². The minimum atomic E-state index is -1.65. The third-order valence-corrected chi connectivity index (χ3v) is 9.66. The number of phenolic OH excluding ortho intramolecular Hbond substituents is 1. The summed E-state index contributed by atoms with van der Waals surface area (Å²) in [6, 6.07) is 2.47. The number of amides is 1. The number of nitrogens with zero attached hydrogens (tertiary/aromatic N) is 5. The van der Waals surface area contributed by atoms with Crippen molar-refractivity contribution in [3.05, 3.63) is 79.2 Å². The molecule has 4 heterocycles. The van der Waals surface area contributed by atoms with E-state index >= 15 is 0 Å². The second kappa shape index (κ2) is 12.8. The third-order valence-electron chi connectivity index (χ3n) is 8.55. The van der Waals surface area contributed by atoms with Crippen LogP contribution in [0.2, 0.25) is 15.1 Å².